The number of aromatic nitrogens is 1. The Kier molecular flexibility index (Phi) is 4.65. The number of rotatable bonds is 2. The highest BCUT2D eigenvalue weighted by atomic mass is 79.9. The Labute approximate surface area is 97.8 Å². The van der Waals surface area contributed by atoms with E-state index in [1.807, 2.05) is 12.1 Å². The Morgan fingerprint density at radius 2 is 2.36 bits per heavy atom. The molecule has 3 nitrogen and oxygen atoms in total. The SMILES string of the molecule is Brc1ccc(OC2CCNC2)nc1.Cl. The van der Waals surface area contributed by atoms with Crippen LogP contribution in [0.5, 0.6) is 5.88 Å². The summed E-state index contributed by atoms with van der Waals surface area (Å²) in [4.78, 5) is 4.14. The van der Waals surface area contributed by atoms with Gasteiger partial charge in [-0.3, -0.25) is 0 Å². The number of halogens is 2. The average molecular weight is 280 g/mol. The molecule has 1 unspecified atom stereocenters. The largest absolute Gasteiger partial charge is 0.473 e. The minimum atomic E-state index is 0. The molecule has 1 aliphatic heterocycles. The van der Waals surface area contributed by atoms with Crippen LogP contribution in [0.2, 0.25) is 0 Å². The second-order valence-electron chi connectivity index (χ2n) is 3.05. The molecule has 0 aliphatic carbocycles. The summed E-state index contributed by atoms with van der Waals surface area (Å²) in [6.45, 7) is 1.97. The van der Waals surface area contributed by atoms with Gasteiger partial charge < -0.3 is 10.1 Å². The van der Waals surface area contributed by atoms with E-state index in [4.69, 9.17) is 4.74 Å². The smallest absolute Gasteiger partial charge is 0.213 e. The van der Waals surface area contributed by atoms with Crippen LogP contribution >= 0.6 is 28.3 Å². The maximum absolute atomic E-state index is 5.64. The summed E-state index contributed by atoms with van der Waals surface area (Å²) in [5.74, 6) is 0.705. The first-order chi connectivity index (χ1) is 6.34. The van der Waals surface area contributed by atoms with Crippen molar-refractivity contribution in [2.24, 2.45) is 0 Å². The molecule has 1 aliphatic rings. The van der Waals surface area contributed by atoms with E-state index in [9.17, 15) is 0 Å². The molecular weight excluding hydrogens is 267 g/mol. The summed E-state index contributed by atoms with van der Waals surface area (Å²) in [6.07, 6.45) is 3.10. The van der Waals surface area contributed by atoms with Crippen LogP contribution < -0.4 is 10.1 Å². The number of hydrogen-bond acceptors (Lipinski definition) is 3. The van der Waals surface area contributed by atoms with Gasteiger partial charge >= 0.3 is 0 Å². The van der Waals surface area contributed by atoms with Crippen LogP contribution in [-0.2, 0) is 0 Å². The van der Waals surface area contributed by atoms with Gasteiger partial charge in [-0.2, -0.15) is 0 Å². The lowest BCUT2D eigenvalue weighted by molar-refractivity contribution is 0.214. The zero-order valence-electron chi connectivity index (χ0n) is 7.57. The van der Waals surface area contributed by atoms with Crippen LogP contribution in [0.1, 0.15) is 6.42 Å². The van der Waals surface area contributed by atoms with E-state index < -0.39 is 0 Å². The molecule has 1 aromatic rings. The molecule has 0 bridgehead atoms. The van der Waals surface area contributed by atoms with E-state index in [1.165, 1.54) is 0 Å². The normalized spacial score (nSPS) is 20.2. The highest BCUT2D eigenvalue weighted by molar-refractivity contribution is 9.10. The second-order valence-corrected chi connectivity index (χ2v) is 3.96. The molecule has 1 N–H and O–H groups in total. The van der Waals surface area contributed by atoms with Crippen LogP contribution in [0.3, 0.4) is 0 Å². The maximum Gasteiger partial charge on any atom is 0.213 e. The fourth-order valence-corrected chi connectivity index (χ4v) is 1.57. The molecule has 0 radical (unpaired) electrons. The fraction of sp³-hybridized carbons (Fsp3) is 0.444. The number of ether oxygens (including phenoxy) is 1. The summed E-state index contributed by atoms with van der Waals surface area (Å²) < 4.78 is 6.61. The van der Waals surface area contributed by atoms with E-state index in [1.54, 1.807) is 6.20 Å². The zero-order chi connectivity index (χ0) is 9.10. The van der Waals surface area contributed by atoms with Gasteiger partial charge in [0, 0.05) is 23.3 Å². The van der Waals surface area contributed by atoms with Gasteiger partial charge in [-0.25, -0.2) is 4.98 Å². The predicted molar refractivity (Wildman–Crippen MR) is 61.1 cm³/mol. The van der Waals surface area contributed by atoms with Crippen molar-refractivity contribution in [1.29, 1.82) is 0 Å². The second kappa shape index (κ2) is 5.53. The maximum atomic E-state index is 5.64. The molecule has 0 amide bonds. The molecule has 14 heavy (non-hydrogen) atoms. The van der Waals surface area contributed by atoms with Crippen molar-refractivity contribution in [1.82, 2.24) is 10.3 Å². The third-order valence-corrected chi connectivity index (χ3v) is 2.47. The quantitative estimate of drug-likeness (QED) is 0.899. The molecule has 0 aromatic carbocycles. The molecular formula is C9H12BrClN2O. The van der Waals surface area contributed by atoms with Crippen molar-refractivity contribution >= 4 is 28.3 Å². The van der Waals surface area contributed by atoms with Crippen LogP contribution in [0, 0.1) is 0 Å². The lowest BCUT2D eigenvalue weighted by atomic mass is 10.3. The summed E-state index contributed by atoms with van der Waals surface area (Å²) in [5.41, 5.74) is 0. The van der Waals surface area contributed by atoms with Crippen molar-refractivity contribution in [3.05, 3.63) is 22.8 Å². The lowest BCUT2D eigenvalue weighted by Crippen LogP contribution is -2.19. The molecule has 2 rings (SSSR count). The molecule has 1 aromatic heterocycles. The van der Waals surface area contributed by atoms with Gasteiger partial charge in [0.05, 0.1) is 0 Å². The Balaban J connectivity index is 0.000000980. The van der Waals surface area contributed by atoms with Gasteiger partial charge in [0.15, 0.2) is 0 Å². The van der Waals surface area contributed by atoms with E-state index >= 15 is 0 Å². The predicted octanol–water partition coefficient (Wildman–Crippen LogP) is 2.01. The average Bonchev–Trinajstić information content (AvgIpc) is 2.62. The van der Waals surface area contributed by atoms with Gasteiger partial charge in [-0.1, -0.05) is 0 Å². The monoisotopic (exact) mass is 278 g/mol. The zero-order valence-corrected chi connectivity index (χ0v) is 9.97. The molecule has 2 heterocycles. The highest BCUT2D eigenvalue weighted by Crippen LogP contribution is 2.15. The van der Waals surface area contributed by atoms with Gasteiger partial charge in [0.25, 0.3) is 0 Å². The summed E-state index contributed by atoms with van der Waals surface area (Å²) in [6, 6.07) is 3.81. The van der Waals surface area contributed by atoms with E-state index in [0.717, 1.165) is 24.0 Å². The topological polar surface area (TPSA) is 34.1 Å². The summed E-state index contributed by atoms with van der Waals surface area (Å²) in [7, 11) is 0. The van der Waals surface area contributed by atoms with E-state index in [-0.39, 0.29) is 18.5 Å². The molecule has 78 valence electrons. The van der Waals surface area contributed by atoms with Crippen molar-refractivity contribution < 1.29 is 4.74 Å². The molecule has 5 heteroatoms. The van der Waals surface area contributed by atoms with E-state index in [2.05, 4.69) is 26.2 Å². The lowest BCUT2D eigenvalue weighted by Gasteiger charge is -2.10. The molecule has 0 spiro atoms. The number of hydrogen-bond donors (Lipinski definition) is 1. The number of nitrogens with zero attached hydrogens (tertiary/aromatic N) is 1. The van der Waals surface area contributed by atoms with Gasteiger partial charge in [-0.05, 0) is 35.0 Å². The number of pyridine rings is 1. The summed E-state index contributed by atoms with van der Waals surface area (Å²) in [5, 5.41) is 3.24. The van der Waals surface area contributed by atoms with Crippen molar-refractivity contribution in [2.45, 2.75) is 12.5 Å². The third-order valence-electron chi connectivity index (χ3n) is 2.00. The van der Waals surface area contributed by atoms with Crippen molar-refractivity contribution in [3.63, 3.8) is 0 Å². The molecule has 1 fully saturated rings. The van der Waals surface area contributed by atoms with Crippen molar-refractivity contribution in [2.75, 3.05) is 13.1 Å². The summed E-state index contributed by atoms with van der Waals surface area (Å²) >= 11 is 3.33. The first kappa shape index (κ1) is 11.8. The third kappa shape index (κ3) is 3.12. The first-order valence-corrected chi connectivity index (χ1v) is 5.13. The van der Waals surface area contributed by atoms with Gasteiger partial charge in [0.2, 0.25) is 5.88 Å². The first-order valence-electron chi connectivity index (χ1n) is 4.33. The fourth-order valence-electron chi connectivity index (χ4n) is 1.33. The number of nitrogens with one attached hydrogen (secondary N) is 1. The van der Waals surface area contributed by atoms with Crippen molar-refractivity contribution in [3.8, 4) is 5.88 Å². The Morgan fingerprint density at radius 1 is 1.50 bits per heavy atom. The Bertz CT molecular complexity index is 275. The molecule has 0 saturated carbocycles. The van der Waals surface area contributed by atoms with Crippen LogP contribution in [0.4, 0.5) is 0 Å². The van der Waals surface area contributed by atoms with E-state index in [0.29, 0.717) is 5.88 Å². The minimum Gasteiger partial charge on any atom is -0.473 e. The Morgan fingerprint density at radius 3 is 2.93 bits per heavy atom. The standard InChI is InChI=1S/C9H11BrN2O.ClH/c10-7-1-2-9(12-5-7)13-8-3-4-11-6-8;/h1-2,5,8,11H,3-4,6H2;1H. The van der Waals surface area contributed by atoms with Crippen LogP contribution in [-0.4, -0.2) is 24.2 Å². The van der Waals surface area contributed by atoms with Crippen LogP contribution in [0.25, 0.3) is 0 Å². The molecule has 1 atom stereocenters. The Hall–Kier alpha value is -0.320. The minimum absolute atomic E-state index is 0. The van der Waals surface area contributed by atoms with Gasteiger partial charge in [0.1, 0.15) is 6.10 Å². The highest BCUT2D eigenvalue weighted by Gasteiger charge is 2.15. The molecule has 1 saturated heterocycles. The van der Waals surface area contributed by atoms with Gasteiger partial charge in [-0.15, -0.1) is 12.4 Å². The van der Waals surface area contributed by atoms with Crippen LogP contribution in [0.15, 0.2) is 22.8 Å².